The summed E-state index contributed by atoms with van der Waals surface area (Å²) in [6.07, 6.45) is 0.0122. The van der Waals surface area contributed by atoms with E-state index >= 15 is 0 Å². The average Bonchev–Trinajstić information content (AvgIpc) is 3.07. The molecule has 1 atom stereocenters. The maximum Gasteiger partial charge on any atom is 0.311 e. The van der Waals surface area contributed by atoms with Gasteiger partial charge in [0, 0.05) is 36.5 Å². The molecule has 0 radical (unpaired) electrons. The molecule has 1 fully saturated rings. The quantitative estimate of drug-likeness (QED) is 0.443. The number of aryl methyl sites for hydroxylation is 2. The summed E-state index contributed by atoms with van der Waals surface area (Å²) < 4.78 is 5.05. The van der Waals surface area contributed by atoms with Gasteiger partial charge in [-0.15, -0.1) is 0 Å². The summed E-state index contributed by atoms with van der Waals surface area (Å²) in [7, 11) is 0. The Balaban J connectivity index is 1.55. The Labute approximate surface area is 172 Å². The molecule has 1 heterocycles. The zero-order valence-corrected chi connectivity index (χ0v) is 16.6. The van der Waals surface area contributed by atoms with Gasteiger partial charge in [0.15, 0.2) is 6.61 Å². The molecule has 0 saturated carbocycles. The van der Waals surface area contributed by atoms with E-state index in [2.05, 4.69) is 5.32 Å². The minimum absolute atomic E-state index is 0.0122. The highest BCUT2D eigenvalue weighted by atomic mass is 16.6. The van der Waals surface area contributed by atoms with E-state index in [0.29, 0.717) is 0 Å². The van der Waals surface area contributed by atoms with Crippen LogP contribution in [0, 0.1) is 29.9 Å². The number of benzene rings is 2. The average molecular weight is 411 g/mol. The van der Waals surface area contributed by atoms with Crippen LogP contribution < -0.4 is 10.2 Å². The van der Waals surface area contributed by atoms with Crippen LogP contribution >= 0.6 is 0 Å². The van der Waals surface area contributed by atoms with Crippen molar-refractivity contribution in [2.45, 2.75) is 20.3 Å². The van der Waals surface area contributed by atoms with Crippen molar-refractivity contribution >= 4 is 34.8 Å². The van der Waals surface area contributed by atoms with E-state index in [1.807, 2.05) is 32.0 Å². The Morgan fingerprint density at radius 1 is 1.20 bits per heavy atom. The zero-order valence-electron chi connectivity index (χ0n) is 16.6. The van der Waals surface area contributed by atoms with Gasteiger partial charge < -0.3 is 15.0 Å². The van der Waals surface area contributed by atoms with Crippen molar-refractivity contribution in [2.24, 2.45) is 5.92 Å². The van der Waals surface area contributed by atoms with E-state index in [1.165, 1.54) is 24.3 Å². The minimum Gasteiger partial charge on any atom is -0.455 e. The molecule has 1 saturated heterocycles. The van der Waals surface area contributed by atoms with Gasteiger partial charge >= 0.3 is 5.97 Å². The van der Waals surface area contributed by atoms with Gasteiger partial charge in [0.05, 0.1) is 10.8 Å². The number of ether oxygens (including phenoxy) is 1. The van der Waals surface area contributed by atoms with Gasteiger partial charge in [-0.1, -0.05) is 12.1 Å². The predicted molar refractivity (Wildman–Crippen MR) is 109 cm³/mol. The normalized spacial score (nSPS) is 15.7. The van der Waals surface area contributed by atoms with Crippen LogP contribution in [0.3, 0.4) is 0 Å². The Kier molecular flexibility index (Phi) is 6.10. The number of esters is 1. The summed E-state index contributed by atoms with van der Waals surface area (Å²) in [5.74, 6) is -2.10. The second-order valence-corrected chi connectivity index (χ2v) is 7.21. The second kappa shape index (κ2) is 8.73. The van der Waals surface area contributed by atoms with E-state index in [1.54, 1.807) is 4.90 Å². The Morgan fingerprint density at radius 2 is 1.90 bits per heavy atom. The van der Waals surface area contributed by atoms with E-state index in [4.69, 9.17) is 4.74 Å². The molecular weight excluding hydrogens is 390 g/mol. The zero-order chi connectivity index (χ0) is 21.8. The van der Waals surface area contributed by atoms with Crippen LogP contribution in [-0.2, 0) is 19.1 Å². The number of carbonyl (C=O) groups is 3. The molecule has 30 heavy (non-hydrogen) atoms. The number of amides is 2. The summed E-state index contributed by atoms with van der Waals surface area (Å²) in [6.45, 7) is 3.51. The molecule has 2 aromatic carbocycles. The minimum atomic E-state index is -0.663. The molecule has 0 unspecified atom stereocenters. The lowest BCUT2D eigenvalue weighted by Gasteiger charge is -2.18. The fourth-order valence-electron chi connectivity index (χ4n) is 3.37. The van der Waals surface area contributed by atoms with Gasteiger partial charge in [-0.25, -0.2) is 0 Å². The number of non-ortho nitro benzene ring substituents is 1. The topological polar surface area (TPSA) is 119 Å². The van der Waals surface area contributed by atoms with Gasteiger partial charge in [-0.2, -0.15) is 0 Å². The van der Waals surface area contributed by atoms with Gasteiger partial charge in [-0.05, 0) is 43.2 Å². The highest BCUT2D eigenvalue weighted by Crippen LogP contribution is 2.27. The molecule has 156 valence electrons. The molecule has 2 aromatic rings. The molecule has 1 N–H and O–H groups in total. The Bertz CT molecular complexity index is 999. The number of nitro benzene ring substituents is 1. The summed E-state index contributed by atoms with van der Waals surface area (Å²) in [6, 6.07) is 11.2. The lowest BCUT2D eigenvalue weighted by Crippen LogP contribution is -2.28. The lowest BCUT2D eigenvalue weighted by molar-refractivity contribution is -0.384. The SMILES string of the molecule is Cc1cc(C)cc(N2C[C@H](C(=O)OCC(=O)Nc3cccc([N+](=O)[O-])c3)CC2=O)c1. The highest BCUT2D eigenvalue weighted by Gasteiger charge is 2.36. The molecular formula is C21H21N3O6. The third kappa shape index (κ3) is 4.99. The Hall–Kier alpha value is -3.75. The standard InChI is InChI=1S/C21H21N3O6/c1-13-6-14(2)8-18(7-13)23-11-15(9-20(23)26)21(27)30-12-19(25)22-16-4-3-5-17(10-16)24(28)29/h3-8,10,15H,9,11-12H2,1-2H3,(H,22,25)/t15-/m1/s1. The summed E-state index contributed by atoms with van der Waals surface area (Å²) in [5, 5.41) is 13.2. The smallest absolute Gasteiger partial charge is 0.311 e. The molecule has 3 rings (SSSR count). The number of nitrogens with zero attached hydrogens (tertiary/aromatic N) is 2. The predicted octanol–water partition coefficient (Wildman–Crippen LogP) is 2.75. The molecule has 0 spiro atoms. The number of nitrogens with one attached hydrogen (secondary N) is 1. The molecule has 1 aliphatic heterocycles. The summed E-state index contributed by atoms with van der Waals surface area (Å²) >= 11 is 0. The maximum absolute atomic E-state index is 12.4. The first kappa shape index (κ1) is 21.0. The van der Waals surface area contributed by atoms with E-state index in [9.17, 15) is 24.5 Å². The fraction of sp³-hybridized carbons (Fsp3) is 0.286. The Morgan fingerprint density at radius 3 is 2.57 bits per heavy atom. The highest BCUT2D eigenvalue weighted by molar-refractivity contribution is 6.00. The van der Waals surface area contributed by atoms with Crippen LogP contribution in [0.25, 0.3) is 0 Å². The van der Waals surface area contributed by atoms with Crippen molar-refractivity contribution in [3.63, 3.8) is 0 Å². The number of anilines is 2. The largest absolute Gasteiger partial charge is 0.455 e. The molecule has 9 nitrogen and oxygen atoms in total. The van der Waals surface area contributed by atoms with E-state index in [0.717, 1.165) is 16.8 Å². The monoisotopic (exact) mass is 411 g/mol. The van der Waals surface area contributed by atoms with Crippen LogP contribution in [0.2, 0.25) is 0 Å². The molecule has 1 aliphatic rings. The molecule has 0 aliphatic carbocycles. The van der Waals surface area contributed by atoms with Gasteiger partial charge in [0.25, 0.3) is 11.6 Å². The van der Waals surface area contributed by atoms with Crippen LogP contribution in [0.4, 0.5) is 17.1 Å². The van der Waals surface area contributed by atoms with Crippen LogP contribution in [0.5, 0.6) is 0 Å². The number of hydrogen-bond acceptors (Lipinski definition) is 6. The van der Waals surface area contributed by atoms with Crippen LogP contribution in [-0.4, -0.2) is 35.9 Å². The number of hydrogen-bond donors (Lipinski definition) is 1. The van der Waals surface area contributed by atoms with Crippen molar-refractivity contribution in [3.05, 3.63) is 63.7 Å². The number of carbonyl (C=O) groups excluding carboxylic acids is 3. The van der Waals surface area contributed by atoms with Crippen molar-refractivity contribution in [1.29, 1.82) is 0 Å². The van der Waals surface area contributed by atoms with Gasteiger partial charge in [0.2, 0.25) is 5.91 Å². The van der Waals surface area contributed by atoms with Crippen molar-refractivity contribution in [3.8, 4) is 0 Å². The number of rotatable bonds is 6. The fourth-order valence-corrected chi connectivity index (χ4v) is 3.37. The summed E-state index contributed by atoms with van der Waals surface area (Å²) in [4.78, 5) is 48.5. The molecule has 0 aromatic heterocycles. The third-order valence-electron chi connectivity index (χ3n) is 4.66. The van der Waals surface area contributed by atoms with Crippen LogP contribution in [0.15, 0.2) is 42.5 Å². The first-order valence-electron chi connectivity index (χ1n) is 9.32. The first-order valence-corrected chi connectivity index (χ1v) is 9.32. The molecule has 0 bridgehead atoms. The second-order valence-electron chi connectivity index (χ2n) is 7.21. The molecule has 9 heteroatoms. The van der Waals surface area contributed by atoms with E-state index < -0.39 is 29.3 Å². The number of nitro groups is 1. The van der Waals surface area contributed by atoms with Crippen molar-refractivity contribution in [2.75, 3.05) is 23.4 Å². The maximum atomic E-state index is 12.4. The van der Waals surface area contributed by atoms with Gasteiger partial charge in [-0.3, -0.25) is 24.5 Å². The lowest BCUT2D eigenvalue weighted by atomic mass is 10.1. The summed E-state index contributed by atoms with van der Waals surface area (Å²) in [5.41, 5.74) is 2.82. The van der Waals surface area contributed by atoms with Crippen molar-refractivity contribution < 1.29 is 24.0 Å². The van der Waals surface area contributed by atoms with Crippen molar-refractivity contribution in [1.82, 2.24) is 0 Å². The van der Waals surface area contributed by atoms with Gasteiger partial charge in [0.1, 0.15) is 0 Å². The molecule has 2 amide bonds. The van der Waals surface area contributed by atoms with E-state index in [-0.39, 0.29) is 30.2 Å². The third-order valence-corrected chi connectivity index (χ3v) is 4.66. The first-order chi connectivity index (χ1) is 14.2. The van der Waals surface area contributed by atoms with Crippen LogP contribution in [0.1, 0.15) is 17.5 Å².